The first-order valence-corrected chi connectivity index (χ1v) is 7.34. The summed E-state index contributed by atoms with van der Waals surface area (Å²) in [7, 11) is 0. The highest BCUT2D eigenvalue weighted by molar-refractivity contribution is 6.32. The lowest BCUT2D eigenvalue weighted by molar-refractivity contribution is -0.123. The van der Waals surface area contributed by atoms with Crippen LogP contribution in [0.3, 0.4) is 0 Å². The molecular formula is C14H18Cl2N2O3. The SMILES string of the molecule is Cc1cc(OCC(=O)NCCNC(=O)CCl)cc(C)c1Cl. The number of hydrogen-bond acceptors (Lipinski definition) is 3. The molecule has 0 radical (unpaired) electrons. The molecule has 0 spiro atoms. The molecule has 116 valence electrons. The molecule has 5 nitrogen and oxygen atoms in total. The minimum atomic E-state index is -0.269. The van der Waals surface area contributed by atoms with Crippen molar-refractivity contribution in [2.75, 3.05) is 25.6 Å². The van der Waals surface area contributed by atoms with Gasteiger partial charge in [-0.25, -0.2) is 0 Å². The van der Waals surface area contributed by atoms with Gasteiger partial charge in [0.05, 0.1) is 0 Å². The van der Waals surface area contributed by atoms with Crippen molar-refractivity contribution in [1.29, 1.82) is 0 Å². The van der Waals surface area contributed by atoms with Crippen molar-refractivity contribution in [3.8, 4) is 5.75 Å². The van der Waals surface area contributed by atoms with Crippen LogP contribution in [0.5, 0.6) is 5.75 Å². The Kier molecular flexibility index (Phi) is 7.32. The maximum atomic E-state index is 11.6. The van der Waals surface area contributed by atoms with Crippen LogP contribution in [0.25, 0.3) is 0 Å². The van der Waals surface area contributed by atoms with E-state index in [0.29, 0.717) is 23.9 Å². The average Bonchev–Trinajstić information content (AvgIpc) is 2.46. The molecule has 7 heteroatoms. The van der Waals surface area contributed by atoms with Crippen molar-refractivity contribution in [3.63, 3.8) is 0 Å². The molecule has 1 aromatic carbocycles. The molecule has 1 rings (SSSR count). The highest BCUT2D eigenvalue weighted by atomic mass is 35.5. The van der Waals surface area contributed by atoms with Gasteiger partial charge in [-0.05, 0) is 37.1 Å². The van der Waals surface area contributed by atoms with Gasteiger partial charge in [-0.1, -0.05) is 11.6 Å². The van der Waals surface area contributed by atoms with Gasteiger partial charge in [0.15, 0.2) is 6.61 Å². The van der Waals surface area contributed by atoms with Gasteiger partial charge in [-0.3, -0.25) is 9.59 Å². The van der Waals surface area contributed by atoms with E-state index in [9.17, 15) is 9.59 Å². The maximum Gasteiger partial charge on any atom is 0.258 e. The molecule has 0 bridgehead atoms. The fourth-order valence-electron chi connectivity index (χ4n) is 1.64. The summed E-state index contributed by atoms with van der Waals surface area (Å²) in [5.74, 6) is -0.0265. The first-order chi connectivity index (χ1) is 9.93. The van der Waals surface area contributed by atoms with E-state index in [1.54, 1.807) is 12.1 Å². The molecule has 0 saturated carbocycles. The van der Waals surface area contributed by atoms with Crippen LogP contribution >= 0.6 is 23.2 Å². The first kappa shape index (κ1) is 17.6. The number of aryl methyl sites for hydroxylation is 2. The number of amides is 2. The third-order valence-electron chi connectivity index (χ3n) is 2.67. The fraction of sp³-hybridized carbons (Fsp3) is 0.429. The predicted octanol–water partition coefficient (Wildman–Crippen LogP) is 1.81. The van der Waals surface area contributed by atoms with Crippen molar-refractivity contribution in [2.45, 2.75) is 13.8 Å². The van der Waals surface area contributed by atoms with E-state index in [1.807, 2.05) is 13.8 Å². The molecule has 0 atom stereocenters. The van der Waals surface area contributed by atoms with Gasteiger partial charge in [0, 0.05) is 18.1 Å². The van der Waals surface area contributed by atoms with Crippen LogP contribution in [-0.4, -0.2) is 37.4 Å². The normalized spacial score (nSPS) is 10.1. The zero-order valence-corrected chi connectivity index (χ0v) is 13.5. The van der Waals surface area contributed by atoms with E-state index in [2.05, 4.69) is 10.6 Å². The molecule has 0 unspecified atom stereocenters. The minimum Gasteiger partial charge on any atom is -0.484 e. The van der Waals surface area contributed by atoms with Gasteiger partial charge in [0.2, 0.25) is 5.91 Å². The monoisotopic (exact) mass is 332 g/mol. The van der Waals surface area contributed by atoms with E-state index >= 15 is 0 Å². The second-order valence-corrected chi connectivity index (χ2v) is 5.14. The third-order valence-corrected chi connectivity index (χ3v) is 3.51. The van der Waals surface area contributed by atoms with Crippen LogP contribution in [0.15, 0.2) is 12.1 Å². The number of benzene rings is 1. The number of alkyl halides is 1. The molecular weight excluding hydrogens is 315 g/mol. The van der Waals surface area contributed by atoms with Crippen molar-refractivity contribution in [1.82, 2.24) is 10.6 Å². The number of carbonyl (C=O) groups is 2. The zero-order valence-electron chi connectivity index (χ0n) is 12.0. The Morgan fingerprint density at radius 1 is 1.10 bits per heavy atom. The number of halogens is 2. The molecule has 0 aromatic heterocycles. The van der Waals surface area contributed by atoms with Crippen LogP contribution in [0.1, 0.15) is 11.1 Å². The Morgan fingerprint density at radius 3 is 2.14 bits per heavy atom. The molecule has 2 amide bonds. The summed E-state index contributed by atoms with van der Waals surface area (Å²) >= 11 is 11.4. The van der Waals surface area contributed by atoms with Crippen molar-refractivity contribution in [2.24, 2.45) is 0 Å². The molecule has 0 aliphatic rings. The Morgan fingerprint density at radius 2 is 1.62 bits per heavy atom. The van der Waals surface area contributed by atoms with Crippen LogP contribution in [0.4, 0.5) is 0 Å². The van der Waals surface area contributed by atoms with Crippen LogP contribution < -0.4 is 15.4 Å². The van der Waals surface area contributed by atoms with Gasteiger partial charge in [0.25, 0.3) is 5.91 Å². The summed E-state index contributed by atoms with van der Waals surface area (Å²) in [6.07, 6.45) is 0. The largest absolute Gasteiger partial charge is 0.484 e. The Hall–Kier alpha value is -1.46. The molecule has 0 heterocycles. The van der Waals surface area contributed by atoms with E-state index in [-0.39, 0.29) is 24.3 Å². The summed E-state index contributed by atoms with van der Waals surface area (Å²) in [4.78, 5) is 22.4. The zero-order chi connectivity index (χ0) is 15.8. The second kappa shape index (κ2) is 8.74. The molecule has 0 aliphatic heterocycles. The fourth-order valence-corrected chi connectivity index (χ4v) is 1.84. The Labute approximate surface area is 133 Å². The van der Waals surface area contributed by atoms with E-state index < -0.39 is 0 Å². The summed E-state index contributed by atoms with van der Waals surface area (Å²) < 4.78 is 5.40. The predicted molar refractivity (Wildman–Crippen MR) is 83.2 cm³/mol. The third kappa shape index (κ3) is 6.23. The van der Waals surface area contributed by atoms with E-state index in [1.165, 1.54) is 0 Å². The molecule has 0 saturated heterocycles. The molecule has 21 heavy (non-hydrogen) atoms. The van der Waals surface area contributed by atoms with E-state index in [0.717, 1.165) is 11.1 Å². The van der Waals surface area contributed by atoms with E-state index in [4.69, 9.17) is 27.9 Å². The molecule has 2 N–H and O–H groups in total. The maximum absolute atomic E-state index is 11.6. The number of rotatable bonds is 7. The van der Waals surface area contributed by atoms with Gasteiger partial charge >= 0.3 is 0 Å². The first-order valence-electron chi connectivity index (χ1n) is 6.43. The smallest absolute Gasteiger partial charge is 0.258 e. The van der Waals surface area contributed by atoms with Gasteiger partial charge in [-0.15, -0.1) is 11.6 Å². The molecule has 0 aliphatic carbocycles. The van der Waals surface area contributed by atoms with Crippen LogP contribution in [0, 0.1) is 13.8 Å². The number of ether oxygens (including phenoxy) is 1. The summed E-state index contributed by atoms with van der Waals surface area (Å²) in [5, 5.41) is 5.86. The lowest BCUT2D eigenvalue weighted by Gasteiger charge is -2.10. The van der Waals surface area contributed by atoms with Crippen molar-refractivity contribution < 1.29 is 14.3 Å². The van der Waals surface area contributed by atoms with Gasteiger partial charge in [-0.2, -0.15) is 0 Å². The van der Waals surface area contributed by atoms with Crippen molar-refractivity contribution in [3.05, 3.63) is 28.3 Å². The van der Waals surface area contributed by atoms with Crippen LogP contribution in [0.2, 0.25) is 5.02 Å². The summed E-state index contributed by atoms with van der Waals surface area (Å²) in [5.41, 5.74) is 1.80. The number of hydrogen-bond donors (Lipinski definition) is 2. The topological polar surface area (TPSA) is 67.4 Å². The second-order valence-electron chi connectivity index (χ2n) is 4.49. The lowest BCUT2D eigenvalue weighted by Crippen LogP contribution is -2.37. The Balaban J connectivity index is 2.32. The summed E-state index contributed by atoms with van der Waals surface area (Å²) in [6, 6.07) is 3.56. The van der Waals surface area contributed by atoms with Crippen LogP contribution in [-0.2, 0) is 9.59 Å². The molecule has 0 fully saturated rings. The Bertz CT molecular complexity index is 498. The quantitative estimate of drug-likeness (QED) is 0.591. The summed E-state index contributed by atoms with van der Waals surface area (Å²) in [6.45, 7) is 4.31. The van der Waals surface area contributed by atoms with Gasteiger partial charge < -0.3 is 15.4 Å². The lowest BCUT2D eigenvalue weighted by atomic mass is 10.1. The number of nitrogens with one attached hydrogen (secondary N) is 2. The average molecular weight is 333 g/mol. The van der Waals surface area contributed by atoms with Gasteiger partial charge in [0.1, 0.15) is 11.6 Å². The molecule has 1 aromatic rings. The highest BCUT2D eigenvalue weighted by Gasteiger charge is 2.06. The number of carbonyl (C=O) groups excluding carboxylic acids is 2. The minimum absolute atomic E-state index is 0.0909. The standard InChI is InChI=1S/C14H18Cl2N2O3/c1-9-5-11(6-10(2)14(9)16)21-8-13(20)18-4-3-17-12(19)7-15/h5-6H,3-4,7-8H2,1-2H3,(H,17,19)(H,18,20). The highest BCUT2D eigenvalue weighted by Crippen LogP contribution is 2.25. The van der Waals surface area contributed by atoms with Crippen molar-refractivity contribution >= 4 is 35.0 Å².